The summed E-state index contributed by atoms with van der Waals surface area (Å²) < 4.78 is 34.3. The van der Waals surface area contributed by atoms with Crippen LogP contribution in [0.1, 0.15) is 82.9 Å². The summed E-state index contributed by atoms with van der Waals surface area (Å²) in [5.41, 5.74) is 8.32. The number of carbonyl (C=O) groups excluding carboxylic acids is 4. The highest BCUT2D eigenvalue weighted by molar-refractivity contribution is 6.05. The van der Waals surface area contributed by atoms with Gasteiger partial charge in [-0.05, 0) is 85.2 Å². The lowest BCUT2D eigenvalue weighted by Gasteiger charge is -2.35. The molecule has 1 unspecified atom stereocenters. The number of piperidine rings is 2. The molecule has 5 aliphatic rings. The number of aryl methyl sites for hydroxylation is 2. The first-order valence-electron chi connectivity index (χ1n) is 20.8. The molecule has 1 atom stereocenters. The Morgan fingerprint density at radius 1 is 0.917 bits per heavy atom. The summed E-state index contributed by atoms with van der Waals surface area (Å²) in [6.45, 7) is 3.33. The van der Waals surface area contributed by atoms with Crippen LogP contribution < -0.4 is 20.4 Å². The fourth-order valence-corrected chi connectivity index (χ4v) is 10.1. The molecule has 0 bridgehead atoms. The fraction of sp³-hybridized carbons (Fsp3) is 0.409. The molecule has 14 nitrogen and oxygen atoms in total. The van der Waals surface area contributed by atoms with Crippen molar-refractivity contribution in [3.63, 3.8) is 0 Å². The Bertz CT molecular complexity index is 2590. The van der Waals surface area contributed by atoms with E-state index >= 15 is 8.78 Å². The third-order valence-electron chi connectivity index (χ3n) is 13.2. The summed E-state index contributed by atoms with van der Waals surface area (Å²) >= 11 is 0. The zero-order chi connectivity index (χ0) is 41.4. The monoisotopic (exact) mass is 816 g/mol. The van der Waals surface area contributed by atoms with Crippen LogP contribution >= 0.6 is 0 Å². The smallest absolute Gasteiger partial charge is 0.317 e. The van der Waals surface area contributed by atoms with E-state index < -0.39 is 18.4 Å². The molecular weight excluding hydrogens is 771 g/mol. The summed E-state index contributed by atoms with van der Waals surface area (Å²) in [5.74, 6) is -0.211. The molecule has 3 aromatic heterocycles. The van der Waals surface area contributed by atoms with Gasteiger partial charge in [0.15, 0.2) is 5.82 Å². The Hall–Kier alpha value is -6.32. The van der Waals surface area contributed by atoms with E-state index in [0.29, 0.717) is 56.0 Å². The van der Waals surface area contributed by atoms with Crippen molar-refractivity contribution in [3.05, 3.63) is 88.5 Å². The van der Waals surface area contributed by atoms with Crippen LogP contribution in [0.15, 0.2) is 55.0 Å². The number of anilines is 3. The quantitative estimate of drug-likeness (QED) is 0.207. The molecule has 5 aromatic rings. The molecule has 5 amide bonds. The number of hydrogen-bond acceptors (Lipinski definition) is 8. The predicted molar refractivity (Wildman–Crippen MR) is 220 cm³/mol. The van der Waals surface area contributed by atoms with Crippen LogP contribution in [0.5, 0.6) is 0 Å². The maximum absolute atomic E-state index is 15.1. The number of imide groups is 1. The second-order valence-electron chi connectivity index (χ2n) is 16.6. The maximum Gasteiger partial charge on any atom is 0.317 e. The minimum atomic E-state index is -2.71. The van der Waals surface area contributed by atoms with Crippen LogP contribution in [0.2, 0.25) is 0 Å². The van der Waals surface area contributed by atoms with Gasteiger partial charge in [0.05, 0.1) is 18.1 Å². The van der Waals surface area contributed by atoms with Gasteiger partial charge in [-0.1, -0.05) is 0 Å². The lowest BCUT2D eigenvalue weighted by atomic mass is 9.91. The minimum absolute atomic E-state index is 0.0377. The van der Waals surface area contributed by atoms with E-state index in [1.807, 2.05) is 48.1 Å². The summed E-state index contributed by atoms with van der Waals surface area (Å²) in [6.07, 6.45) is 6.95. The van der Waals surface area contributed by atoms with Crippen LogP contribution in [-0.2, 0) is 42.6 Å². The number of alkyl halides is 2. The SMILES string of the molecule is CNC(=O)N1CCc2c(c(N3CCCc4cc(-c5cn(C)c6ccncc56)c(C(F)F)cc43)nn2C2CCN(c3ccc4c(c3)CN(C3CCC(=O)NC3=O)C4=O)CC2)C1. The lowest BCUT2D eigenvalue weighted by molar-refractivity contribution is -0.136. The van der Waals surface area contributed by atoms with E-state index in [-0.39, 0.29) is 35.9 Å². The number of nitrogens with one attached hydrogen (secondary N) is 2. The molecule has 0 radical (unpaired) electrons. The van der Waals surface area contributed by atoms with Crippen LogP contribution in [-0.4, -0.2) is 92.2 Å². The lowest BCUT2D eigenvalue weighted by Crippen LogP contribution is -2.52. The molecule has 2 saturated heterocycles. The highest BCUT2D eigenvalue weighted by Crippen LogP contribution is 2.45. The molecule has 8 heterocycles. The molecule has 60 heavy (non-hydrogen) atoms. The molecule has 5 aliphatic heterocycles. The normalized spacial score (nSPS) is 19.6. The second-order valence-corrected chi connectivity index (χ2v) is 16.6. The van der Waals surface area contributed by atoms with Crippen molar-refractivity contribution >= 4 is 51.8 Å². The van der Waals surface area contributed by atoms with Crippen molar-refractivity contribution in [1.82, 2.24) is 39.8 Å². The number of halogens is 2. The van der Waals surface area contributed by atoms with Gasteiger partial charge in [0.1, 0.15) is 6.04 Å². The molecule has 10 rings (SSSR count). The highest BCUT2D eigenvalue weighted by Gasteiger charge is 2.40. The fourth-order valence-electron chi connectivity index (χ4n) is 10.1. The first-order chi connectivity index (χ1) is 29.1. The van der Waals surface area contributed by atoms with E-state index in [0.717, 1.165) is 89.0 Å². The Kier molecular flexibility index (Phi) is 9.32. The third kappa shape index (κ3) is 6.25. The summed E-state index contributed by atoms with van der Waals surface area (Å²) in [5, 5.41) is 11.3. The number of benzene rings is 2. The molecule has 310 valence electrons. The average Bonchev–Trinajstić information content (AvgIpc) is 3.92. The Balaban J connectivity index is 0.941. The second kappa shape index (κ2) is 14.7. The number of nitrogens with zero attached hydrogens (tertiary/aromatic N) is 8. The van der Waals surface area contributed by atoms with E-state index in [1.165, 1.54) is 0 Å². The molecule has 2 aromatic carbocycles. The number of pyridine rings is 1. The number of fused-ring (bicyclic) bond motifs is 4. The molecule has 0 spiro atoms. The minimum Gasteiger partial charge on any atom is -0.371 e. The van der Waals surface area contributed by atoms with Crippen molar-refractivity contribution in [2.75, 3.05) is 43.0 Å². The van der Waals surface area contributed by atoms with Gasteiger partial charge in [-0.3, -0.25) is 29.4 Å². The standard InChI is InChI=1S/C44H46F2N10O4/c1-47-44(60)53-17-12-36-34(24-53)41(54-14-3-4-25-19-30(31(40(45)46)20-38(25)54)33-23-51(2)35-9-13-48-21-32(33)35)50-56(36)27-10-15-52(16-11-27)28-5-6-29-26(18-28)22-55(43(29)59)37-7-8-39(57)49-42(37)58/h5-6,9,13,18-21,23,27,37,40H,3-4,7-8,10-12,14-17,22,24H2,1-2H3,(H,47,60)(H,49,57,58). The Labute approximate surface area is 345 Å². The van der Waals surface area contributed by atoms with Crippen LogP contribution in [0.4, 0.5) is 30.8 Å². The summed E-state index contributed by atoms with van der Waals surface area (Å²) in [4.78, 5) is 62.7. The van der Waals surface area contributed by atoms with Crippen LogP contribution in [0.25, 0.3) is 22.0 Å². The number of aromatic nitrogens is 4. The maximum atomic E-state index is 15.1. The van der Waals surface area contributed by atoms with Crippen molar-refractivity contribution < 1.29 is 28.0 Å². The highest BCUT2D eigenvalue weighted by atomic mass is 19.3. The first kappa shape index (κ1) is 37.9. The van der Waals surface area contributed by atoms with Crippen LogP contribution in [0, 0.1) is 0 Å². The van der Waals surface area contributed by atoms with Crippen molar-refractivity contribution in [2.24, 2.45) is 7.05 Å². The topological polar surface area (TPSA) is 141 Å². The van der Waals surface area contributed by atoms with Gasteiger partial charge in [0.2, 0.25) is 11.8 Å². The van der Waals surface area contributed by atoms with E-state index in [2.05, 4.69) is 30.1 Å². The average molecular weight is 817 g/mol. The van der Waals surface area contributed by atoms with Crippen LogP contribution in [0.3, 0.4) is 0 Å². The first-order valence-corrected chi connectivity index (χ1v) is 20.8. The van der Waals surface area contributed by atoms with E-state index in [4.69, 9.17) is 5.10 Å². The van der Waals surface area contributed by atoms with Gasteiger partial charge in [-0.25, -0.2) is 13.6 Å². The Morgan fingerprint density at radius 2 is 1.75 bits per heavy atom. The summed E-state index contributed by atoms with van der Waals surface area (Å²) in [7, 11) is 3.54. The number of hydrogen-bond donors (Lipinski definition) is 2. The molecular formula is C44H46F2N10O4. The zero-order valence-corrected chi connectivity index (χ0v) is 33.6. The largest absolute Gasteiger partial charge is 0.371 e. The van der Waals surface area contributed by atoms with Gasteiger partial charge in [-0.15, -0.1) is 0 Å². The van der Waals surface area contributed by atoms with Gasteiger partial charge in [0.25, 0.3) is 12.3 Å². The number of urea groups is 1. The Morgan fingerprint density at radius 3 is 2.53 bits per heavy atom. The molecule has 16 heteroatoms. The number of amides is 5. The van der Waals surface area contributed by atoms with Crippen molar-refractivity contribution in [3.8, 4) is 11.1 Å². The number of rotatable bonds is 6. The van der Waals surface area contributed by atoms with Gasteiger partial charge in [0, 0.05) is 123 Å². The predicted octanol–water partition coefficient (Wildman–Crippen LogP) is 5.76. The van der Waals surface area contributed by atoms with Gasteiger partial charge >= 0.3 is 6.03 Å². The van der Waals surface area contributed by atoms with E-state index in [9.17, 15) is 19.2 Å². The molecule has 2 N–H and O–H groups in total. The number of carbonyl (C=O) groups is 4. The van der Waals surface area contributed by atoms with Crippen molar-refractivity contribution in [2.45, 2.75) is 76.5 Å². The van der Waals surface area contributed by atoms with Gasteiger partial charge in [-0.2, -0.15) is 5.10 Å². The van der Waals surface area contributed by atoms with Gasteiger partial charge < -0.3 is 29.5 Å². The molecule has 0 aliphatic carbocycles. The summed E-state index contributed by atoms with van der Waals surface area (Å²) in [6, 6.07) is 10.6. The third-order valence-corrected chi connectivity index (χ3v) is 13.2. The zero-order valence-electron chi connectivity index (χ0n) is 33.6. The molecule has 2 fully saturated rings. The van der Waals surface area contributed by atoms with Crippen molar-refractivity contribution in [1.29, 1.82) is 0 Å². The van der Waals surface area contributed by atoms with E-state index in [1.54, 1.807) is 35.3 Å². The molecule has 0 saturated carbocycles.